The second-order valence-electron chi connectivity index (χ2n) is 7.81. The number of sulfone groups is 1. The van der Waals surface area contributed by atoms with Gasteiger partial charge in [0.2, 0.25) is 5.78 Å². The molecule has 0 bridgehead atoms. The van der Waals surface area contributed by atoms with Crippen molar-refractivity contribution in [3.8, 4) is 0 Å². The van der Waals surface area contributed by atoms with E-state index in [-0.39, 0.29) is 42.3 Å². The van der Waals surface area contributed by atoms with Gasteiger partial charge in [-0.25, -0.2) is 8.42 Å². The average Bonchev–Trinajstić information content (AvgIpc) is 3.18. The van der Waals surface area contributed by atoms with Gasteiger partial charge in [0.05, 0.1) is 17.9 Å². The van der Waals surface area contributed by atoms with E-state index in [0.29, 0.717) is 12.0 Å². The molecule has 0 spiro atoms. The zero-order chi connectivity index (χ0) is 21.2. The number of Topliss-reactive ketones (excluding diaryl/α,β-unsaturated/α-hetero) is 1. The van der Waals surface area contributed by atoms with Gasteiger partial charge in [0.15, 0.2) is 16.4 Å². The minimum absolute atomic E-state index is 0.00758. The monoisotopic (exact) mass is 417 g/mol. The Morgan fingerprint density at radius 1 is 1.21 bits per heavy atom. The second-order valence-corrected chi connectivity index (χ2v) is 10.0. The molecule has 1 aliphatic heterocycles. The molecule has 7 heteroatoms. The fraction of sp³-hybridized carbons (Fsp3) is 0.455. The molecule has 2 atom stereocenters. The van der Waals surface area contributed by atoms with Crippen molar-refractivity contribution in [3.05, 3.63) is 58.9 Å². The summed E-state index contributed by atoms with van der Waals surface area (Å²) in [6.07, 6.45) is 0.759. The Balaban J connectivity index is 1.61. The summed E-state index contributed by atoms with van der Waals surface area (Å²) in [5.41, 5.74) is 3.10. The Hall–Kier alpha value is -2.41. The van der Waals surface area contributed by atoms with Crippen molar-refractivity contribution in [1.82, 2.24) is 4.57 Å². The van der Waals surface area contributed by atoms with Gasteiger partial charge in [-0.1, -0.05) is 37.3 Å². The highest BCUT2D eigenvalue weighted by Gasteiger charge is 2.31. The predicted octanol–water partition coefficient (Wildman–Crippen LogP) is 3.38. The van der Waals surface area contributed by atoms with Gasteiger partial charge >= 0.3 is 5.97 Å². The third-order valence-electron chi connectivity index (χ3n) is 5.56. The van der Waals surface area contributed by atoms with Crippen LogP contribution in [0.3, 0.4) is 0 Å². The fourth-order valence-electron chi connectivity index (χ4n) is 4.03. The number of nitrogens with zero attached hydrogens (tertiary/aromatic N) is 1. The van der Waals surface area contributed by atoms with E-state index in [1.165, 1.54) is 0 Å². The molecule has 0 radical (unpaired) electrons. The molecule has 1 aromatic heterocycles. The molecule has 1 fully saturated rings. The SMILES string of the molecule is Cc1cc(C(=O)COC(=O)C[C@H](C)c2ccccc2)c(C)n1[C@@H]1CCS(=O)(=O)C1. The van der Waals surface area contributed by atoms with Crippen molar-refractivity contribution in [1.29, 1.82) is 0 Å². The Morgan fingerprint density at radius 3 is 2.52 bits per heavy atom. The molecular formula is C22H27NO5S. The number of aromatic nitrogens is 1. The number of carbonyl (C=O) groups is 2. The summed E-state index contributed by atoms with van der Waals surface area (Å²) in [5, 5.41) is 0. The number of aryl methyl sites for hydroxylation is 1. The van der Waals surface area contributed by atoms with E-state index in [0.717, 1.165) is 17.0 Å². The number of hydrogen-bond donors (Lipinski definition) is 0. The summed E-state index contributed by atoms with van der Waals surface area (Å²) in [6.45, 7) is 5.31. The summed E-state index contributed by atoms with van der Waals surface area (Å²) >= 11 is 0. The minimum Gasteiger partial charge on any atom is -0.457 e. The number of benzene rings is 1. The third-order valence-corrected chi connectivity index (χ3v) is 7.31. The summed E-state index contributed by atoms with van der Waals surface area (Å²) in [4.78, 5) is 24.8. The Kier molecular flexibility index (Phi) is 6.27. The van der Waals surface area contributed by atoms with Crippen molar-refractivity contribution < 1.29 is 22.7 Å². The molecule has 0 aliphatic carbocycles. The molecule has 0 saturated carbocycles. The number of rotatable bonds is 7. The molecule has 0 unspecified atom stereocenters. The molecule has 0 N–H and O–H groups in total. The van der Waals surface area contributed by atoms with Crippen molar-refractivity contribution in [3.63, 3.8) is 0 Å². The van der Waals surface area contributed by atoms with Crippen LogP contribution in [0.4, 0.5) is 0 Å². The lowest BCUT2D eigenvalue weighted by Gasteiger charge is -2.16. The second kappa shape index (κ2) is 8.53. The Labute approximate surface area is 171 Å². The summed E-state index contributed by atoms with van der Waals surface area (Å²) in [5.74, 6) is -0.400. The Morgan fingerprint density at radius 2 is 1.90 bits per heavy atom. The molecule has 3 rings (SSSR count). The maximum absolute atomic E-state index is 12.6. The van der Waals surface area contributed by atoms with E-state index in [1.54, 1.807) is 6.07 Å². The first-order valence-corrected chi connectivity index (χ1v) is 11.6. The maximum atomic E-state index is 12.6. The molecule has 1 saturated heterocycles. The molecule has 2 heterocycles. The van der Waals surface area contributed by atoms with E-state index < -0.39 is 15.8 Å². The highest BCUT2D eigenvalue weighted by molar-refractivity contribution is 7.91. The largest absolute Gasteiger partial charge is 0.457 e. The molecule has 2 aromatic rings. The van der Waals surface area contributed by atoms with Gasteiger partial charge in [-0.15, -0.1) is 0 Å². The van der Waals surface area contributed by atoms with Crippen LogP contribution in [-0.4, -0.2) is 42.9 Å². The van der Waals surface area contributed by atoms with Crippen LogP contribution in [0.1, 0.15) is 59.0 Å². The quantitative estimate of drug-likeness (QED) is 0.509. The number of esters is 1. The van der Waals surface area contributed by atoms with Crippen LogP contribution < -0.4 is 0 Å². The molecule has 156 valence electrons. The van der Waals surface area contributed by atoms with Gasteiger partial charge in [-0.2, -0.15) is 0 Å². The van der Waals surface area contributed by atoms with Crippen molar-refractivity contribution in [2.75, 3.05) is 18.1 Å². The van der Waals surface area contributed by atoms with E-state index in [9.17, 15) is 18.0 Å². The fourth-order valence-corrected chi connectivity index (χ4v) is 5.73. The molecule has 1 aromatic carbocycles. The lowest BCUT2D eigenvalue weighted by molar-refractivity contribution is -0.142. The van der Waals surface area contributed by atoms with E-state index >= 15 is 0 Å². The first-order valence-electron chi connectivity index (χ1n) is 9.80. The Bertz CT molecular complexity index is 1010. The first kappa shape index (κ1) is 21.3. The normalized spacial score (nSPS) is 19.1. The van der Waals surface area contributed by atoms with E-state index in [4.69, 9.17) is 4.74 Å². The number of hydrogen-bond acceptors (Lipinski definition) is 5. The van der Waals surface area contributed by atoms with Crippen molar-refractivity contribution in [2.24, 2.45) is 0 Å². The summed E-state index contributed by atoms with van der Waals surface area (Å²) in [6, 6.07) is 11.3. The smallest absolute Gasteiger partial charge is 0.306 e. The topological polar surface area (TPSA) is 82.4 Å². The van der Waals surface area contributed by atoms with Crippen LogP contribution in [0.25, 0.3) is 0 Å². The van der Waals surface area contributed by atoms with Crippen LogP contribution in [0.5, 0.6) is 0 Å². The standard InChI is InChI=1S/C22H27NO5S/c1-15(18-7-5-4-6-8-18)11-22(25)28-13-21(24)20-12-16(2)23(17(20)3)19-9-10-29(26,27)14-19/h4-8,12,15,19H,9-11,13-14H2,1-3H3/t15-,19+/m0/s1. The van der Waals surface area contributed by atoms with Crippen molar-refractivity contribution in [2.45, 2.75) is 45.6 Å². The van der Waals surface area contributed by atoms with Crippen LogP contribution in [0, 0.1) is 13.8 Å². The van der Waals surface area contributed by atoms with Gasteiger partial charge in [-0.05, 0) is 37.8 Å². The third kappa shape index (κ3) is 4.96. The molecule has 0 amide bonds. The van der Waals surface area contributed by atoms with Gasteiger partial charge in [0.1, 0.15) is 0 Å². The lowest BCUT2D eigenvalue weighted by Crippen LogP contribution is -2.17. The number of ether oxygens (including phenoxy) is 1. The van der Waals surface area contributed by atoms with Crippen molar-refractivity contribution >= 4 is 21.6 Å². The highest BCUT2D eigenvalue weighted by Crippen LogP contribution is 2.29. The average molecular weight is 418 g/mol. The van der Waals surface area contributed by atoms with Gasteiger partial charge in [-0.3, -0.25) is 9.59 Å². The predicted molar refractivity (Wildman–Crippen MR) is 111 cm³/mol. The first-order chi connectivity index (χ1) is 13.7. The van der Waals surface area contributed by atoms with E-state index in [1.807, 2.05) is 55.7 Å². The van der Waals surface area contributed by atoms with Crippen LogP contribution in [0.2, 0.25) is 0 Å². The molecule has 6 nitrogen and oxygen atoms in total. The van der Waals surface area contributed by atoms with Gasteiger partial charge in [0.25, 0.3) is 0 Å². The van der Waals surface area contributed by atoms with Crippen LogP contribution >= 0.6 is 0 Å². The number of ketones is 1. The zero-order valence-corrected chi connectivity index (χ0v) is 17.9. The minimum atomic E-state index is -3.02. The highest BCUT2D eigenvalue weighted by atomic mass is 32.2. The van der Waals surface area contributed by atoms with E-state index in [2.05, 4.69) is 0 Å². The molecule has 1 aliphatic rings. The summed E-state index contributed by atoms with van der Waals surface area (Å²) in [7, 11) is -3.02. The lowest BCUT2D eigenvalue weighted by atomic mass is 9.98. The molecular weight excluding hydrogens is 390 g/mol. The number of carbonyl (C=O) groups excluding carboxylic acids is 2. The van der Waals surface area contributed by atoms with Crippen LogP contribution in [0.15, 0.2) is 36.4 Å². The maximum Gasteiger partial charge on any atom is 0.306 e. The van der Waals surface area contributed by atoms with Crippen LogP contribution in [-0.2, 0) is 19.4 Å². The van der Waals surface area contributed by atoms with Gasteiger partial charge < -0.3 is 9.30 Å². The molecule has 29 heavy (non-hydrogen) atoms. The van der Waals surface area contributed by atoms with Gasteiger partial charge in [0, 0.05) is 23.0 Å². The summed E-state index contributed by atoms with van der Waals surface area (Å²) < 4.78 is 30.8. The zero-order valence-electron chi connectivity index (χ0n) is 17.1.